The zero-order chi connectivity index (χ0) is 27.9. The molecule has 0 radical (unpaired) electrons. The van der Waals surface area contributed by atoms with E-state index in [0.29, 0.717) is 30.2 Å². The van der Waals surface area contributed by atoms with Crippen LogP contribution in [0.25, 0.3) is 0 Å². The molecule has 2 aromatic carbocycles. The van der Waals surface area contributed by atoms with Crippen molar-refractivity contribution in [3.63, 3.8) is 0 Å². The largest absolute Gasteiger partial charge is 0.491 e. The van der Waals surface area contributed by atoms with Crippen LogP contribution in [0.3, 0.4) is 0 Å². The van der Waals surface area contributed by atoms with E-state index in [9.17, 15) is 26.4 Å². The smallest absolute Gasteiger partial charge is 0.417 e. The molecule has 1 amide bonds. The molecule has 38 heavy (non-hydrogen) atoms. The maximum atomic E-state index is 13.0. The lowest BCUT2D eigenvalue weighted by molar-refractivity contribution is -0.137. The van der Waals surface area contributed by atoms with Crippen LogP contribution in [0.4, 0.5) is 13.2 Å². The van der Waals surface area contributed by atoms with Crippen LogP contribution in [-0.2, 0) is 32.2 Å². The summed E-state index contributed by atoms with van der Waals surface area (Å²) in [7, 11) is -2.56. The van der Waals surface area contributed by atoms with E-state index in [2.05, 4.69) is 4.98 Å². The van der Waals surface area contributed by atoms with Gasteiger partial charge in [-0.25, -0.2) is 18.1 Å². The first-order valence-corrected chi connectivity index (χ1v) is 13.0. The molecule has 204 valence electrons. The zero-order valence-corrected chi connectivity index (χ0v) is 21.9. The topological polar surface area (TPSA) is 104 Å². The second-order valence-corrected chi connectivity index (χ2v) is 10.2. The third kappa shape index (κ3) is 8.07. The Balaban J connectivity index is 1.79. The summed E-state index contributed by atoms with van der Waals surface area (Å²) in [5.74, 6) is -0.581. The van der Waals surface area contributed by atoms with E-state index in [1.54, 1.807) is 31.2 Å². The van der Waals surface area contributed by atoms with Crippen LogP contribution >= 0.6 is 11.6 Å². The highest BCUT2D eigenvalue weighted by atomic mass is 35.5. The molecule has 0 saturated carbocycles. The van der Waals surface area contributed by atoms with Crippen molar-refractivity contribution in [3.8, 4) is 17.4 Å². The van der Waals surface area contributed by atoms with Crippen molar-refractivity contribution in [1.29, 1.82) is 0 Å². The molecule has 0 bridgehead atoms. The summed E-state index contributed by atoms with van der Waals surface area (Å²) in [4.78, 5) is 16.1. The van der Waals surface area contributed by atoms with E-state index in [-0.39, 0.29) is 41.0 Å². The molecule has 0 aliphatic rings. The molecule has 1 N–H and O–H groups in total. The fraction of sp³-hybridized carbons (Fsp3) is 0.280. The minimum Gasteiger partial charge on any atom is -0.491 e. The number of carbonyl (C=O) groups is 1. The van der Waals surface area contributed by atoms with Crippen molar-refractivity contribution in [1.82, 2.24) is 9.71 Å². The highest BCUT2D eigenvalue weighted by Gasteiger charge is 2.32. The average molecular weight is 573 g/mol. The summed E-state index contributed by atoms with van der Waals surface area (Å²) >= 11 is 5.98. The number of amides is 1. The number of methoxy groups -OCH3 is 1. The van der Waals surface area contributed by atoms with E-state index in [4.69, 9.17) is 25.8 Å². The highest BCUT2D eigenvalue weighted by Crippen LogP contribution is 2.36. The van der Waals surface area contributed by atoms with Gasteiger partial charge in [0.2, 0.25) is 11.8 Å². The third-order valence-electron chi connectivity index (χ3n) is 5.14. The Bertz CT molecular complexity index is 1380. The van der Waals surface area contributed by atoms with E-state index in [1.165, 1.54) is 25.3 Å². The fourth-order valence-electron chi connectivity index (χ4n) is 3.15. The summed E-state index contributed by atoms with van der Waals surface area (Å²) in [6, 6.07) is 11.3. The van der Waals surface area contributed by atoms with Crippen molar-refractivity contribution in [2.24, 2.45) is 0 Å². The van der Waals surface area contributed by atoms with Crippen LogP contribution in [0.1, 0.15) is 23.1 Å². The van der Waals surface area contributed by atoms with Gasteiger partial charge in [-0.05, 0) is 43.2 Å². The van der Waals surface area contributed by atoms with E-state index >= 15 is 0 Å². The van der Waals surface area contributed by atoms with Gasteiger partial charge in [-0.1, -0.05) is 35.4 Å². The quantitative estimate of drug-likeness (QED) is 0.310. The predicted octanol–water partition coefficient (Wildman–Crippen LogP) is 5.32. The van der Waals surface area contributed by atoms with Crippen LogP contribution in [-0.4, -0.2) is 39.6 Å². The van der Waals surface area contributed by atoms with Gasteiger partial charge in [0.15, 0.2) is 0 Å². The number of rotatable bonds is 11. The molecule has 0 saturated heterocycles. The van der Waals surface area contributed by atoms with Crippen molar-refractivity contribution < 1.29 is 40.6 Å². The zero-order valence-electron chi connectivity index (χ0n) is 20.3. The summed E-state index contributed by atoms with van der Waals surface area (Å²) in [5, 5.41) is -0.376. The second-order valence-electron chi connectivity index (χ2n) is 8.06. The molecule has 0 atom stereocenters. The number of hydrogen-bond donors (Lipinski definition) is 1. The Hall–Kier alpha value is -3.35. The van der Waals surface area contributed by atoms with Crippen LogP contribution in [0.5, 0.6) is 17.4 Å². The number of hydrogen-bond acceptors (Lipinski definition) is 7. The van der Waals surface area contributed by atoms with Gasteiger partial charge in [0.1, 0.15) is 23.1 Å². The van der Waals surface area contributed by atoms with Gasteiger partial charge in [-0.3, -0.25) is 4.79 Å². The van der Waals surface area contributed by atoms with Gasteiger partial charge in [-0.15, -0.1) is 0 Å². The Labute approximate surface area is 222 Å². The first-order valence-electron chi connectivity index (χ1n) is 11.2. The van der Waals surface area contributed by atoms with Crippen LogP contribution in [0.15, 0.2) is 59.6 Å². The molecule has 0 fully saturated rings. The van der Waals surface area contributed by atoms with Gasteiger partial charge in [0.05, 0.1) is 17.1 Å². The molecular formula is C25H24ClF3N2O6S. The number of pyridine rings is 1. The minimum atomic E-state index is -4.64. The van der Waals surface area contributed by atoms with Gasteiger partial charge in [-0.2, -0.15) is 13.2 Å². The summed E-state index contributed by atoms with van der Waals surface area (Å²) in [6.07, 6.45) is -4.26. The van der Waals surface area contributed by atoms with Crippen LogP contribution < -0.4 is 14.2 Å². The third-order valence-corrected chi connectivity index (χ3v) is 6.80. The number of carbonyl (C=O) groups excluding carboxylic acids is 1. The summed E-state index contributed by atoms with van der Waals surface area (Å²) in [5.41, 5.74) is 0.253. The number of alkyl halides is 3. The molecule has 0 aliphatic carbocycles. The molecule has 0 spiro atoms. The Morgan fingerprint density at radius 3 is 2.42 bits per heavy atom. The van der Waals surface area contributed by atoms with Crippen LogP contribution in [0, 0.1) is 6.92 Å². The number of aryl methyl sites for hydroxylation is 2. The highest BCUT2D eigenvalue weighted by molar-refractivity contribution is 7.90. The first-order chi connectivity index (χ1) is 17.9. The molecule has 3 rings (SSSR count). The monoisotopic (exact) mass is 572 g/mol. The fourth-order valence-corrected chi connectivity index (χ4v) is 4.37. The molecule has 1 aromatic heterocycles. The van der Waals surface area contributed by atoms with E-state index in [1.807, 2.05) is 4.72 Å². The van der Waals surface area contributed by atoms with E-state index in [0.717, 1.165) is 5.56 Å². The molecule has 0 aliphatic heterocycles. The molecule has 8 nitrogen and oxygen atoms in total. The standard InChI is InChI=1S/C25H24ClF3N2O6S/c1-16-3-8-20(9-4-16)38(33,34)31-23(32)10-6-17-5-7-19(36-12-11-35-2)14-22(17)37-24-21(26)13-18(15-30-24)25(27,28)29/h3-5,7-9,13-15H,6,10-12H2,1-2H3,(H,31,32). The Morgan fingerprint density at radius 2 is 1.79 bits per heavy atom. The second kappa shape index (κ2) is 12.5. The normalized spacial score (nSPS) is 11.7. The van der Waals surface area contributed by atoms with Crippen molar-refractivity contribution in [3.05, 3.63) is 76.4 Å². The number of sulfonamides is 1. The number of ether oxygens (including phenoxy) is 3. The molecule has 1 heterocycles. The van der Waals surface area contributed by atoms with E-state index < -0.39 is 27.7 Å². The minimum absolute atomic E-state index is 0.0290. The molecule has 13 heteroatoms. The number of nitrogens with zero attached hydrogens (tertiary/aromatic N) is 1. The Morgan fingerprint density at radius 1 is 1.08 bits per heavy atom. The Kier molecular flexibility index (Phi) is 9.58. The number of aromatic nitrogens is 1. The van der Waals surface area contributed by atoms with Gasteiger partial charge < -0.3 is 14.2 Å². The lowest BCUT2D eigenvalue weighted by Gasteiger charge is -2.15. The number of halogens is 4. The first kappa shape index (κ1) is 29.2. The predicted molar refractivity (Wildman–Crippen MR) is 133 cm³/mol. The molecular weight excluding hydrogens is 549 g/mol. The number of nitrogens with one attached hydrogen (secondary N) is 1. The molecule has 3 aromatic rings. The lowest BCUT2D eigenvalue weighted by atomic mass is 10.1. The SMILES string of the molecule is COCCOc1ccc(CCC(=O)NS(=O)(=O)c2ccc(C)cc2)c(Oc2ncc(C(F)(F)F)cc2Cl)c1. The van der Waals surface area contributed by atoms with Gasteiger partial charge >= 0.3 is 6.18 Å². The van der Waals surface area contributed by atoms with Crippen molar-refractivity contribution in [2.75, 3.05) is 20.3 Å². The van der Waals surface area contributed by atoms with Crippen LogP contribution in [0.2, 0.25) is 5.02 Å². The summed E-state index contributed by atoms with van der Waals surface area (Å²) < 4.78 is 82.1. The van der Waals surface area contributed by atoms with Crippen molar-refractivity contribution in [2.45, 2.75) is 30.8 Å². The number of benzene rings is 2. The maximum absolute atomic E-state index is 13.0. The average Bonchev–Trinajstić information content (AvgIpc) is 2.84. The van der Waals surface area contributed by atoms with Gasteiger partial charge in [0, 0.05) is 25.8 Å². The van der Waals surface area contributed by atoms with Gasteiger partial charge in [0.25, 0.3) is 10.0 Å². The summed E-state index contributed by atoms with van der Waals surface area (Å²) in [6.45, 7) is 2.32. The van der Waals surface area contributed by atoms with Crippen molar-refractivity contribution >= 4 is 27.5 Å². The molecule has 0 unspecified atom stereocenters. The lowest BCUT2D eigenvalue weighted by Crippen LogP contribution is -2.30. The maximum Gasteiger partial charge on any atom is 0.417 e.